The molecular formula is C18H14FNO2. The summed E-state index contributed by atoms with van der Waals surface area (Å²) in [6.07, 6.45) is 0. The van der Waals surface area contributed by atoms with Gasteiger partial charge in [-0.1, -0.05) is 24.3 Å². The van der Waals surface area contributed by atoms with Crippen LogP contribution < -0.4 is 10.1 Å². The van der Waals surface area contributed by atoms with Crippen LogP contribution in [0.4, 0.5) is 10.1 Å². The van der Waals surface area contributed by atoms with E-state index in [0.717, 1.165) is 10.8 Å². The van der Waals surface area contributed by atoms with E-state index in [9.17, 15) is 9.18 Å². The Morgan fingerprint density at radius 1 is 1.00 bits per heavy atom. The molecule has 0 aromatic heterocycles. The molecule has 4 heteroatoms. The Labute approximate surface area is 127 Å². The number of nitrogens with one attached hydrogen (secondary N) is 1. The van der Waals surface area contributed by atoms with Crippen LogP contribution in [0.25, 0.3) is 10.8 Å². The first-order valence-corrected chi connectivity index (χ1v) is 6.81. The molecule has 0 heterocycles. The zero-order chi connectivity index (χ0) is 15.5. The van der Waals surface area contributed by atoms with E-state index in [1.54, 1.807) is 6.07 Å². The number of fused-ring (bicyclic) bond motifs is 1. The van der Waals surface area contributed by atoms with Gasteiger partial charge in [-0.2, -0.15) is 0 Å². The second-order valence-corrected chi connectivity index (χ2v) is 4.86. The number of anilines is 1. The summed E-state index contributed by atoms with van der Waals surface area (Å²) in [6.45, 7) is 0. The molecule has 3 aromatic carbocycles. The molecule has 22 heavy (non-hydrogen) atoms. The van der Waals surface area contributed by atoms with Crippen LogP contribution in [-0.2, 0) is 0 Å². The highest BCUT2D eigenvalue weighted by molar-refractivity contribution is 6.08. The van der Waals surface area contributed by atoms with Crippen LogP contribution in [0, 0.1) is 5.82 Å². The monoisotopic (exact) mass is 295 g/mol. The summed E-state index contributed by atoms with van der Waals surface area (Å²) in [5, 5.41) is 4.69. The fourth-order valence-corrected chi connectivity index (χ4v) is 2.30. The smallest absolute Gasteiger partial charge is 0.259 e. The van der Waals surface area contributed by atoms with Crippen LogP contribution in [0.2, 0.25) is 0 Å². The van der Waals surface area contributed by atoms with Crippen LogP contribution >= 0.6 is 0 Å². The number of amides is 1. The van der Waals surface area contributed by atoms with Crippen molar-refractivity contribution in [2.75, 3.05) is 12.4 Å². The maximum Gasteiger partial charge on any atom is 0.259 e. The van der Waals surface area contributed by atoms with E-state index in [0.29, 0.717) is 17.0 Å². The Bertz CT molecular complexity index is 828. The van der Waals surface area contributed by atoms with E-state index in [1.165, 1.54) is 31.4 Å². The van der Waals surface area contributed by atoms with E-state index in [1.807, 2.05) is 30.3 Å². The normalized spacial score (nSPS) is 10.5. The molecule has 3 aromatic rings. The van der Waals surface area contributed by atoms with Gasteiger partial charge in [-0.25, -0.2) is 4.39 Å². The lowest BCUT2D eigenvalue weighted by atomic mass is 10.1. The molecule has 0 fully saturated rings. The molecule has 1 amide bonds. The molecule has 0 aliphatic heterocycles. The number of carbonyl (C=O) groups excluding carboxylic acids is 1. The number of hydrogen-bond acceptors (Lipinski definition) is 2. The summed E-state index contributed by atoms with van der Waals surface area (Å²) >= 11 is 0. The van der Waals surface area contributed by atoms with Crippen molar-refractivity contribution in [3.63, 3.8) is 0 Å². The van der Waals surface area contributed by atoms with E-state index in [4.69, 9.17) is 4.74 Å². The molecule has 1 N–H and O–H groups in total. The Morgan fingerprint density at radius 3 is 2.27 bits per heavy atom. The first-order valence-electron chi connectivity index (χ1n) is 6.81. The molecule has 0 unspecified atom stereocenters. The van der Waals surface area contributed by atoms with Crippen molar-refractivity contribution in [2.24, 2.45) is 0 Å². The van der Waals surface area contributed by atoms with Crippen molar-refractivity contribution in [1.82, 2.24) is 0 Å². The SMILES string of the molecule is COc1cc2ccccc2cc1C(=O)Nc1ccc(F)cc1. The summed E-state index contributed by atoms with van der Waals surface area (Å²) in [6, 6.07) is 17.0. The van der Waals surface area contributed by atoms with Crippen molar-refractivity contribution in [1.29, 1.82) is 0 Å². The fourth-order valence-electron chi connectivity index (χ4n) is 2.30. The summed E-state index contributed by atoms with van der Waals surface area (Å²) in [7, 11) is 1.53. The molecule has 3 rings (SSSR count). The summed E-state index contributed by atoms with van der Waals surface area (Å²) in [5.74, 6) is -0.145. The molecule has 0 radical (unpaired) electrons. The van der Waals surface area contributed by atoms with Crippen molar-refractivity contribution in [3.8, 4) is 5.75 Å². The minimum absolute atomic E-state index is 0.297. The highest BCUT2D eigenvalue weighted by Crippen LogP contribution is 2.26. The third-order valence-electron chi connectivity index (χ3n) is 3.41. The van der Waals surface area contributed by atoms with E-state index >= 15 is 0 Å². The van der Waals surface area contributed by atoms with Gasteiger partial charge in [-0.15, -0.1) is 0 Å². The van der Waals surface area contributed by atoms with Gasteiger partial charge in [0.25, 0.3) is 5.91 Å². The lowest BCUT2D eigenvalue weighted by Gasteiger charge is -2.11. The van der Waals surface area contributed by atoms with Crippen LogP contribution in [0.1, 0.15) is 10.4 Å². The Balaban J connectivity index is 1.97. The standard InChI is InChI=1S/C18H14FNO2/c1-22-17-11-13-5-3-2-4-12(13)10-16(17)18(21)20-15-8-6-14(19)7-9-15/h2-11H,1H3,(H,20,21). The van der Waals surface area contributed by atoms with Gasteiger partial charge < -0.3 is 10.1 Å². The Morgan fingerprint density at radius 2 is 1.64 bits per heavy atom. The van der Waals surface area contributed by atoms with E-state index in [-0.39, 0.29) is 11.7 Å². The number of rotatable bonds is 3. The quantitative estimate of drug-likeness (QED) is 0.785. The lowest BCUT2D eigenvalue weighted by Crippen LogP contribution is -2.13. The number of halogens is 1. The molecule has 0 bridgehead atoms. The zero-order valence-electron chi connectivity index (χ0n) is 12.0. The van der Waals surface area contributed by atoms with Gasteiger partial charge in [0.15, 0.2) is 0 Å². The minimum atomic E-state index is -0.346. The second-order valence-electron chi connectivity index (χ2n) is 4.86. The van der Waals surface area contributed by atoms with Gasteiger partial charge in [0.2, 0.25) is 0 Å². The highest BCUT2D eigenvalue weighted by Gasteiger charge is 2.14. The molecule has 0 aliphatic rings. The third-order valence-corrected chi connectivity index (χ3v) is 3.41. The maximum absolute atomic E-state index is 12.9. The largest absolute Gasteiger partial charge is 0.496 e. The van der Waals surface area contributed by atoms with E-state index in [2.05, 4.69) is 5.32 Å². The van der Waals surface area contributed by atoms with Crippen LogP contribution in [0.15, 0.2) is 60.7 Å². The van der Waals surface area contributed by atoms with Crippen molar-refractivity contribution < 1.29 is 13.9 Å². The third kappa shape index (κ3) is 2.76. The molecule has 3 nitrogen and oxygen atoms in total. The molecule has 0 spiro atoms. The minimum Gasteiger partial charge on any atom is -0.496 e. The van der Waals surface area contributed by atoms with Gasteiger partial charge in [-0.3, -0.25) is 4.79 Å². The number of methoxy groups -OCH3 is 1. The van der Waals surface area contributed by atoms with Gasteiger partial charge in [-0.05, 0) is 47.2 Å². The molecule has 0 saturated carbocycles. The van der Waals surface area contributed by atoms with Gasteiger partial charge in [0.1, 0.15) is 11.6 Å². The highest BCUT2D eigenvalue weighted by atomic mass is 19.1. The van der Waals surface area contributed by atoms with E-state index < -0.39 is 0 Å². The second kappa shape index (κ2) is 5.85. The Kier molecular flexibility index (Phi) is 3.74. The van der Waals surface area contributed by atoms with Crippen LogP contribution in [-0.4, -0.2) is 13.0 Å². The number of hydrogen-bond donors (Lipinski definition) is 1. The van der Waals surface area contributed by atoms with Crippen molar-refractivity contribution in [2.45, 2.75) is 0 Å². The summed E-state index contributed by atoms with van der Waals surface area (Å²) in [5.41, 5.74) is 0.965. The average molecular weight is 295 g/mol. The molecule has 110 valence electrons. The fraction of sp³-hybridized carbons (Fsp3) is 0.0556. The first-order chi connectivity index (χ1) is 10.7. The first kappa shape index (κ1) is 14.1. The topological polar surface area (TPSA) is 38.3 Å². The van der Waals surface area contributed by atoms with Crippen LogP contribution in [0.3, 0.4) is 0 Å². The number of benzene rings is 3. The van der Waals surface area contributed by atoms with Gasteiger partial charge in [0, 0.05) is 5.69 Å². The predicted octanol–water partition coefficient (Wildman–Crippen LogP) is 4.24. The predicted molar refractivity (Wildman–Crippen MR) is 84.9 cm³/mol. The number of carbonyl (C=O) groups is 1. The summed E-state index contributed by atoms with van der Waals surface area (Å²) in [4.78, 5) is 12.4. The average Bonchev–Trinajstić information content (AvgIpc) is 2.55. The van der Waals surface area contributed by atoms with Crippen molar-refractivity contribution in [3.05, 3.63) is 72.0 Å². The van der Waals surface area contributed by atoms with Gasteiger partial charge in [0.05, 0.1) is 12.7 Å². The molecular weight excluding hydrogens is 281 g/mol. The van der Waals surface area contributed by atoms with Crippen molar-refractivity contribution >= 4 is 22.4 Å². The summed E-state index contributed by atoms with van der Waals surface area (Å²) < 4.78 is 18.2. The van der Waals surface area contributed by atoms with Gasteiger partial charge >= 0.3 is 0 Å². The Hall–Kier alpha value is -2.88. The lowest BCUT2D eigenvalue weighted by molar-refractivity contribution is 0.102. The molecule has 0 atom stereocenters. The van der Waals surface area contributed by atoms with Crippen LogP contribution in [0.5, 0.6) is 5.75 Å². The molecule has 0 saturated heterocycles. The maximum atomic E-state index is 12.9. The molecule has 0 aliphatic carbocycles. The zero-order valence-corrected chi connectivity index (χ0v) is 12.0. The number of ether oxygens (including phenoxy) is 1.